The van der Waals surface area contributed by atoms with E-state index in [4.69, 9.17) is 5.11 Å². The number of rotatable bonds is 7. The van der Waals surface area contributed by atoms with Crippen LogP contribution in [-0.2, 0) is 20.8 Å². The molecule has 128 valence electrons. The summed E-state index contributed by atoms with van der Waals surface area (Å²) in [7, 11) is 0. The first-order chi connectivity index (χ1) is 11.4. The maximum absolute atomic E-state index is 12.4. The number of hydrogen-bond donors (Lipinski definition) is 2. The number of carbonyl (C=O) groups excluding carboxylic acids is 3. The molecule has 0 aliphatic carbocycles. The fourth-order valence-corrected chi connectivity index (χ4v) is 2.94. The first kappa shape index (κ1) is 18.1. The maximum atomic E-state index is 12.4. The molecule has 1 unspecified atom stereocenters. The number of aliphatic carboxylic acids is 1. The Balaban J connectivity index is 2.00. The second-order valence-electron chi connectivity index (χ2n) is 5.45. The number of halogens is 1. The molecule has 1 aliphatic heterocycles. The minimum atomic E-state index is -1.18. The summed E-state index contributed by atoms with van der Waals surface area (Å²) in [5.41, 5.74) is 1.51. The van der Waals surface area contributed by atoms with Gasteiger partial charge in [-0.25, -0.2) is 0 Å². The summed E-state index contributed by atoms with van der Waals surface area (Å²) in [6.45, 7) is 0.193. The largest absolute Gasteiger partial charge is 0.481 e. The van der Waals surface area contributed by atoms with Crippen molar-refractivity contribution in [3.05, 3.63) is 35.4 Å². The Hall–Kier alpha value is -2.22. The lowest BCUT2D eigenvalue weighted by atomic mass is 9.99. The van der Waals surface area contributed by atoms with Crippen molar-refractivity contribution in [2.24, 2.45) is 0 Å². The highest BCUT2D eigenvalue weighted by molar-refractivity contribution is 9.09. The van der Waals surface area contributed by atoms with Gasteiger partial charge in [0.25, 0.3) is 5.91 Å². The van der Waals surface area contributed by atoms with Crippen molar-refractivity contribution >= 4 is 39.5 Å². The van der Waals surface area contributed by atoms with Crippen LogP contribution in [0.5, 0.6) is 0 Å². The molecule has 1 atom stereocenters. The van der Waals surface area contributed by atoms with Gasteiger partial charge in [-0.15, -0.1) is 0 Å². The van der Waals surface area contributed by atoms with Crippen molar-refractivity contribution < 1.29 is 24.3 Å². The molecule has 0 saturated heterocycles. The third kappa shape index (κ3) is 4.41. The summed E-state index contributed by atoms with van der Waals surface area (Å²) in [6, 6.07) is 6.10. The Labute approximate surface area is 147 Å². The van der Waals surface area contributed by atoms with Gasteiger partial charge in [0.2, 0.25) is 5.91 Å². The predicted octanol–water partition coefficient (Wildman–Crippen LogP) is 0.608. The Kier molecular flexibility index (Phi) is 6.08. The van der Waals surface area contributed by atoms with Crippen LogP contribution in [0.2, 0.25) is 0 Å². The maximum Gasteiger partial charge on any atom is 0.305 e. The fraction of sp³-hybridized carbons (Fsp3) is 0.375. The van der Waals surface area contributed by atoms with E-state index in [1.165, 1.54) is 4.90 Å². The van der Waals surface area contributed by atoms with E-state index < -0.39 is 30.1 Å². The van der Waals surface area contributed by atoms with Gasteiger partial charge in [-0.1, -0.05) is 34.1 Å². The van der Waals surface area contributed by atoms with Crippen molar-refractivity contribution in [1.82, 2.24) is 10.2 Å². The Morgan fingerprint density at radius 1 is 1.29 bits per heavy atom. The van der Waals surface area contributed by atoms with Gasteiger partial charge in [0.05, 0.1) is 24.3 Å². The molecular formula is C16H17BrN2O5. The summed E-state index contributed by atoms with van der Waals surface area (Å²) >= 11 is 2.96. The molecule has 0 saturated carbocycles. The van der Waals surface area contributed by atoms with E-state index >= 15 is 0 Å². The van der Waals surface area contributed by atoms with E-state index in [2.05, 4.69) is 21.2 Å². The lowest BCUT2D eigenvalue weighted by molar-refractivity contribution is -0.139. The van der Waals surface area contributed by atoms with E-state index in [-0.39, 0.29) is 17.8 Å². The lowest BCUT2D eigenvalue weighted by Gasteiger charge is -2.28. The highest BCUT2D eigenvalue weighted by Gasteiger charge is 2.28. The minimum Gasteiger partial charge on any atom is -0.481 e. The van der Waals surface area contributed by atoms with Crippen LogP contribution in [0.25, 0.3) is 0 Å². The lowest BCUT2D eigenvalue weighted by Crippen LogP contribution is -2.49. The molecule has 0 radical (unpaired) electrons. The van der Waals surface area contributed by atoms with Crippen molar-refractivity contribution in [3.63, 3.8) is 0 Å². The third-order valence-electron chi connectivity index (χ3n) is 3.75. The van der Waals surface area contributed by atoms with Gasteiger partial charge in [-0.05, 0) is 18.1 Å². The minimum absolute atomic E-state index is 0.0543. The van der Waals surface area contributed by atoms with Gasteiger partial charge < -0.3 is 15.3 Å². The molecule has 1 aromatic carbocycles. The molecule has 1 aromatic rings. The Bertz CT molecular complexity index is 676. The zero-order chi connectivity index (χ0) is 17.7. The van der Waals surface area contributed by atoms with Crippen molar-refractivity contribution in [3.8, 4) is 0 Å². The molecule has 0 spiro atoms. The van der Waals surface area contributed by atoms with Crippen LogP contribution in [0.3, 0.4) is 0 Å². The summed E-state index contributed by atoms with van der Waals surface area (Å²) in [5, 5.41) is 11.2. The molecule has 2 N–H and O–H groups in total. The van der Waals surface area contributed by atoms with Crippen LogP contribution in [-0.4, -0.2) is 58.0 Å². The molecule has 0 aromatic heterocycles. The van der Waals surface area contributed by atoms with Crippen LogP contribution in [0, 0.1) is 0 Å². The van der Waals surface area contributed by atoms with Crippen LogP contribution < -0.4 is 5.32 Å². The monoisotopic (exact) mass is 396 g/mol. The Morgan fingerprint density at radius 2 is 2.00 bits per heavy atom. The average Bonchev–Trinajstić information content (AvgIpc) is 2.56. The zero-order valence-electron chi connectivity index (χ0n) is 12.8. The first-order valence-electron chi connectivity index (χ1n) is 7.39. The van der Waals surface area contributed by atoms with E-state index in [1.54, 1.807) is 12.1 Å². The molecule has 2 amide bonds. The SMILES string of the molecule is O=C(O)CC(NC(=O)CN1CCc2ccccc2C1=O)C(=O)CBr. The van der Waals surface area contributed by atoms with Crippen LogP contribution in [0.15, 0.2) is 24.3 Å². The summed E-state index contributed by atoms with van der Waals surface area (Å²) in [6.07, 6.45) is 0.154. The van der Waals surface area contributed by atoms with Gasteiger partial charge in [-0.3, -0.25) is 19.2 Å². The van der Waals surface area contributed by atoms with Crippen LogP contribution >= 0.6 is 15.9 Å². The molecular weight excluding hydrogens is 380 g/mol. The number of carbonyl (C=O) groups is 4. The molecule has 24 heavy (non-hydrogen) atoms. The molecule has 8 heteroatoms. The van der Waals surface area contributed by atoms with E-state index in [1.807, 2.05) is 12.1 Å². The fourth-order valence-electron chi connectivity index (χ4n) is 2.55. The number of nitrogens with one attached hydrogen (secondary N) is 1. The van der Waals surface area contributed by atoms with E-state index in [0.29, 0.717) is 18.5 Å². The number of benzene rings is 1. The quantitative estimate of drug-likeness (QED) is 0.657. The van der Waals surface area contributed by atoms with Gasteiger partial charge in [0, 0.05) is 12.1 Å². The van der Waals surface area contributed by atoms with Crippen LogP contribution in [0.4, 0.5) is 0 Å². The van der Waals surface area contributed by atoms with Gasteiger partial charge in [0.15, 0.2) is 5.78 Å². The highest BCUT2D eigenvalue weighted by Crippen LogP contribution is 2.18. The first-order valence-corrected chi connectivity index (χ1v) is 8.51. The van der Waals surface area contributed by atoms with E-state index in [9.17, 15) is 19.2 Å². The molecule has 1 aliphatic rings. The second kappa shape index (κ2) is 8.05. The van der Waals surface area contributed by atoms with Gasteiger partial charge in [0.1, 0.15) is 0 Å². The molecule has 0 fully saturated rings. The highest BCUT2D eigenvalue weighted by atomic mass is 79.9. The number of fused-ring (bicyclic) bond motifs is 1. The number of amides is 2. The topological polar surface area (TPSA) is 104 Å². The normalized spacial score (nSPS) is 14.7. The van der Waals surface area contributed by atoms with Crippen molar-refractivity contribution in [2.45, 2.75) is 18.9 Å². The Morgan fingerprint density at radius 3 is 2.67 bits per heavy atom. The number of hydrogen-bond acceptors (Lipinski definition) is 4. The second-order valence-corrected chi connectivity index (χ2v) is 6.01. The smallest absolute Gasteiger partial charge is 0.305 e. The summed E-state index contributed by atoms with van der Waals surface area (Å²) in [4.78, 5) is 48.4. The molecule has 2 rings (SSSR count). The van der Waals surface area contributed by atoms with Gasteiger partial charge in [-0.2, -0.15) is 0 Å². The number of carboxylic acids is 1. The number of alkyl halides is 1. The average molecular weight is 397 g/mol. The molecule has 0 bridgehead atoms. The number of carboxylic acid groups (broad SMARTS) is 1. The van der Waals surface area contributed by atoms with Gasteiger partial charge >= 0.3 is 5.97 Å². The van der Waals surface area contributed by atoms with E-state index in [0.717, 1.165) is 5.56 Å². The molecule has 7 nitrogen and oxygen atoms in total. The third-order valence-corrected chi connectivity index (χ3v) is 4.31. The summed E-state index contributed by atoms with van der Waals surface area (Å²) < 4.78 is 0. The number of ketones is 1. The van der Waals surface area contributed by atoms with Crippen LogP contribution in [0.1, 0.15) is 22.3 Å². The summed E-state index contributed by atoms with van der Waals surface area (Å²) in [5.74, 6) is -2.41. The van der Waals surface area contributed by atoms with Crippen molar-refractivity contribution in [2.75, 3.05) is 18.4 Å². The zero-order valence-corrected chi connectivity index (χ0v) is 14.4. The number of Topliss-reactive ketones (excluding diaryl/α,β-unsaturated/α-hetero) is 1. The van der Waals surface area contributed by atoms with Crippen molar-refractivity contribution in [1.29, 1.82) is 0 Å². The predicted molar refractivity (Wildman–Crippen MR) is 89.0 cm³/mol. The number of nitrogens with zero attached hydrogens (tertiary/aromatic N) is 1. The molecule has 1 heterocycles. The standard InChI is InChI=1S/C16H17BrN2O5/c17-8-13(20)12(7-15(22)23)18-14(21)9-19-6-5-10-3-1-2-4-11(10)16(19)24/h1-4,12H,5-9H2,(H,18,21)(H,22,23).